The van der Waals surface area contributed by atoms with Crippen LogP contribution in [0.5, 0.6) is 0 Å². The number of thiazole rings is 1. The summed E-state index contributed by atoms with van der Waals surface area (Å²) in [7, 11) is -3.06. The Morgan fingerprint density at radius 1 is 1.30 bits per heavy atom. The number of hydrogen-bond donors (Lipinski definition) is 1. The fourth-order valence-electron chi connectivity index (χ4n) is 2.65. The van der Waals surface area contributed by atoms with Crippen molar-refractivity contribution in [2.45, 2.75) is 25.8 Å². The molecule has 1 aromatic carbocycles. The topological polar surface area (TPSA) is 76.1 Å². The third-order valence-electron chi connectivity index (χ3n) is 3.95. The molecule has 0 saturated carbocycles. The summed E-state index contributed by atoms with van der Waals surface area (Å²) >= 11 is 1.40. The average molecular weight is 350 g/mol. The van der Waals surface area contributed by atoms with Crippen molar-refractivity contribution in [3.05, 3.63) is 40.9 Å². The summed E-state index contributed by atoms with van der Waals surface area (Å²) < 4.78 is 23.2. The second-order valence-corrected chi connectivity index (χ2v) is 9.30. The summed E-state index contributed by atoms with van der Waals surface area (Å²) in [5, 5.41) is 5.31. The molecule has 2 aromatic rings. The highest BCUT2D eigenvalue weighted by molar-refractivity contribution is 7.91. The second kappa shape index (κ2) is 5.72. The van der Waals surface area contributed by atoms with E-state index in [1.165, 1.54) is 16.9 Å². The number of carbonyl (C=O) groups excluding carboxylic acids is 1. The molecule has 3 rings (SSSR count). The minimum Gasteiger partial charge on any atom is -0.344 e. The number of sulfone groups is 1. The first-order valence-electron chi connectivity index (χ1n) is 7.32. The Morgan fingerprint density at radius 2 is 2.00 bits per heavy atom. The van der Waals surface area contributed by atoms with Crippen LogP contribution in [0.3, 0.4) is 0 Å². The van der Waals surface area contributed by atoms with Gasteiger partial charge in [0, 0.05) is 10.9 Å². The Kier molecular flexibility index (Phi) is 4.01. The quantitative estimate of drug-likeness (QED) is 0.922. The molecule has 23 heavy (non-hydrogen) atoms. The van der Waals surface area contributed by atoms with E-state index in [1.807, 2.05) is 31.2 Å². The number of aromatic nitrogens is 1. The smallest absolute Gasteiger partial charge is 0.271 e. The highest BCUT2D eigenvalue weighted by atomic mass is 32.2. The summed E-state index contributed by atoms with van der Waals surface area (Å²) in [4.78, 5) is 16.7. The second-order valence-electron chi connectivity index (χ2n) is 6.26. The van der Waals surface area contributed by atoms with Gasteiger partial charge in [-0.1, -0.05) is 29.8 Å². The number of amides is 1. The van der Waals surface area contributed by atoms with Crippen LogP contribution in [0.15, 0.2) is 29.6 Å². The van der Waals surface area contributed by atoms with Crippen molar-refractivity contribution >= 4 is 27.1 Å². The van der Waals surface area contributed by atoms with Gasteiger partial charge in [0.2, 0.25) is 0 Å². The zero-order valence-electron chi connectivity index (χ0n) is 13.0. The minimum atomic E-state index is -3.06. The maximum absolute atomic E-state index is 12.4. The molecule has 1 aliphatic heterocycles. The number of aryl methyl sites for hydroxylation is 1. The number of nitrogens with one attached hydrogen (secondary N) is 1. The molecule has 7 heteroatoms. The number of hydrogen-bond acceptors (Lipinski definition) is 5. The van der Waals surface area contributed by atoms with Crippen LogP contribution in [0.25, 0.3) is 10.6 Å². The molecule has 0 bridgehead atoms. The number of benzene rings is 1. The van der Waals surface area contributed by atoms with Crippen LogP contribution in [0.2, 0.25) is 0 Å². The van der Waals surface area contributed by atoms with Gasteiger partial charge in [-0.25, -0.2) is 13.4 Å². The Hall–Kier alpha value is -1.73. The van der Waals surface area contributed by atoms with Gasteiger partial charge in [-0.15, -0.1) is 11.3 Å². The molecule has 1 N–H and O–H groups in total. The zero-order chi connectivity index (χ0) is 16.7. The molecule has 1 aromatic heterocycles. The number of rotatable bonds is 3. The summed E-state index contributed by atoms with van der Waals surface area (Å²) in [6.07, 6.45) is 0.441. The van der Waals surface area contributed by atoms with Gasteiger partial charge in [-0.05, 0) is 20.3 Å². The molecule has 0 radical (unpaired) electrons. The van der Waals surface area contributed by atoms with Crippen LogP contribution >= 0.6 is 11.3 Å². The molecule has 0 aliphatic carbocycles. The van der Waals surface area contributed by atoms with Gasteiger partial charge in [0.1, 0.15) is 10.7 Å². The van der Waals surface area contributed by atoms with Gasteiger partial charge in [0.25, 0.3) is 5.91 Å². The average Bonchev–Trinajstić information content (AvgIpc) is 3.05. The van der Waals surface area contributed by atoms with Crippen molar-refractivity contribution in [2.24, 2.45) is 0 Å². The maximum Gasteiger partial charge on any atom is 0.271 e. The van der Waals surface area contributed by atoms with Crippen LogP contribution < -0.4 is 5.32 Å². The van der Waals surface area contributed by atoms with E-state index in [1.54, 1.807) is 12.3 Å². The number of carbonyl (C=O) groups is 1. The Balaban J connectivity index is 1.75. The fourth-order valence-corrected chi connectivity index (χ4v) is 5.55. The first-order valence-corrected chi connectivity index (χ1v) is 10.0. The van der Waals surface area contributed by atoms with E-state index in [-0.39, 0.29) is 17.4 Å². The summed E-state index contributed by atoms with van der Waals surface area (Å²) in [6, 6.07) is 7.95. The molecular formula is C16H18N2O3S2. The van der Waals surface area contributed by atoms with E-state index in [2.05, 4.69) is 10.3 Å². The molecule has 1 saturated heterocycles. The van der Waals surface area contributed by atoms with E-state index in [9.17, 15) is 13.2 Å². The molecule has 1 amide bonds. The summed E-state index contributed by atoms with van der Waals surface area (Å²) in [6.45, 7) is 3.78. The largest absolute Gasteiger partial charge is 0.344 e. The third kappa shape index (κ3) is 3.61. The molecule has 5 nitrogen and oxygen atoms in total. The predicted molar refractivity (Wildman–Crippen MR) is 91.4 cm³/mol. The molecule has 1 fully saturated rings. The zero-order valence-corrected chi connectivity index (χ0v) is 14.6. The normalized spacial score (nSPS) is 22.9. The first kappa shape index (κ1) is 16.1. The number of nitrogens with zero attached hydrogens (tertiary/aromatic N) is 1. The van der Waals surface area contributed by atoms with Gasteiger partial charge in [0.05, 0.1) is 17.0 Å². The molecule has 2 heterocycles. The van der Waals surface area contributed by atoms with Crippen LogP contribution in [-0.4, -0.2) is 36.4 Å². The van der Waals surface area contributed by atoms with Gasteiger partial charge in [-0.3, -0.25) is 4.79 Å². The lowest BCUT2D eigenvalue weighted by atomic mass is 10.0. The van der Waals surface area contributed by atoms with Crippen molar-refractivity contribution in [1.82, 2.24) is 10.3 Å². The molecule has 0 unspecified atom stereocenters. The molecule has 122 valence electrons. The van der Waals surface area contributed by atoms with Crippen LogP contribution in [0, 0.1) is 6.92 Å². The summed E-state index contributed by atoms with van der Waals surface area (Å²) in [5.41, 5.74) is 1.76. The van der Waals surface area contributed by atoms with E-state index >= 15 is 0 Å². The monoisotopic (exact) mass is 350 g/mol. The molecular weight excluding hydrogens is 332 g/mol. The Labute approximate surface area is 139 Å². The fraction of sp³-hybridized carbons (Fsp3) is 0.375. The maximum atomic E-state index is 12.4. The van der Waals surface area contributed by atoms with E-state index < -0.39 is 15.4 Å². The van der Waals surface area contributed by atoms with Crippen molar-refractivity contribution < 1.29 is 13.2 Å². The summed E-state index contributed by atoms with van der Waals surface area (Å²) in [5.74, 6) is -0.213. The van der Waals surface area contributed by atoms with E-state index in [0.29, 0.717) is 12.1 Å². The van der Waals surface area contributed by atoms with Gasteiger partial charge >= 0.3 is 0 Å². The van der Waals surface area contributed by atoms with Crippen LogP contribution in [-0.2, 0) is 9.84 Å². The lowest BCUT2D eigenvalue weighted by molar-refractivity contribution is 0.0911. The van der Waals surface area contributed by atoms with E-state index in [0.717, 1.165) is 10.6 Å². The minimum absolute atomic E-state index is 0.0132. The Morgan fingerprint density at radius 3 is 2.61 bits per heavy atom. The van der Waals surface area contributed by atoms with Crippen LogP contribution in [0.1, 0.15) is 29.4 Å². The third-order valence-corrected chi connectivity index (χ3v) is 6.75. The highest BCUT2D eigenvalue weighted by Gasteiger charge is 2.39. The van der Waals surface area contributed by atoms with Crippen LogP contribution in [0.4, 0.5) is 0 Å². The van der Waals surface area contributed by atoms with Gasteiger partial charge < -0.3 is 5.32 Å². The Bertz CT molecular complexity index is 840. The molecule has 1 aliphatic rings. The van der Waals surface area contributed by atoms with Crippen molar-refractivity contribution in [1.29, 1.82) is 0 Å². The van der Waals surface area contributed by atoms with Gasteiger partial charge in [0.15, 0.2) is 9.84 Å². The van der Waals surface area contributed by atoms with E-state index in [4.69, 9.17) is 0 Å². The van der Waals surface area contributed by atoms with Crippen molar-refractivity contribution in [3.8, 4) is 10.6 Å². The first-order chi connectivity index (χ1) is 10.8. The SMILES string of the molecule is Cc1ccc(-c2nc(C(=O)N[C@@]3(C)CCS(=O)(=O)C3)cs2)cc1. The lowest BCUT2D eigenvalue weighted by Gasteiger charge is -2.23. The highest BCUT2D eigenvalue weighted by Crippen LogP contribution is 2.26. The van der Waals surface area contributed by atoms with Crippen molar-refractivity contribution in [3.63, 3.8) is 0 Å². The standard InChI is InChI=1S/C16H18N2O3S2/c1-11-3-5-12(6-4-11)15-17-13(9-22-15)14(19)18-16(2)7-8-23(20,21)10-16/h3-6,9H,7-8,10H2,1-2H3,(H,18,19)/t16-/m0/s1. The molecule has 0 spiro atoms. The van der Waals surface area contributed by atoms with Crippen molar-refractivity contribution in [2.75, 3.05) is 11.5 Å². The van der Waals surface area contributed by atoms with Gasteiger partial charge in [-0.2, -0.15) is 0 Å². The molecule has 1 atom stereocenters. The lowest BCUT2D eigenvalue weighted by Crippen LogP contribution is -2.47. The predicted octanol–water partition coefficient (Wildman–Crippen LogP) is 2.43.